The fourth-order valence-electron chi connectivity index (χ4n) is 4.18. The zero-order valence-electron chi connectivity index (χ0n) is 15.2. The minimum absolute atomic E-state index is 0.0883. The Morgan fingerprint density at radius 1 is 1.14 bits per heavy atom. The van der Waals surface area contributed by atoms with Gasteiger partial charge in [-0.05, 0) is 36.8 Å². The van der Waals surface area contributed by atoms with E-state index in [9.17, 15) is 22.8 Å². The highest BCUT2D eigenvalue weighted by atomic mass is 19.4. The van der Waals surface area contributed by atoms with Crippen LogP contribution in [-0.4, -0.2) is 39.9 Å². The maximum absolute atomic E-state index is 13.3. The number of ketones is 1. The number of H-pyrrole nitrogens is 1. The van der Waals surface area contributed by atoms with E-state index in [-0.39, 0.29) is 29.7 Å². The average Bonchev–Trinajstić information content (AvgIpc) is 3.10. The maximum Gasteiger partial charge on any atom is 0.416 e. The topological polar surface area (TPSA) is 66.1 Å². The summed E-state index contributed by atoms with van der Waals surface area (Å²) in [5.41, 5.74) is 1.48. The number of aromatic amines is 1. The molecule has 1 aromatic carbocycles. The van der Waals surface area contributed by atoms with Crippen molar-refractivity contribution >= 4 is 11.7 Å². The lowest BCUT2D eigenvalue weighted by Gasteiger charge is -2.33. The predicted molar refractivity (Wildman–Crippen MR) is 94.9 cm³/mol. The number of Topliss-reactive ketones (excluding diaryl/α,β-unsaturated/α-hetero) is 1. The summed E-state index contributed by atoms with van der Waals surface area (Å²) in [5.74, 6) is -0.406. The van der Waals surface area contributed by atoms with Gasteiger partial charge in [-0.2, -0.15) is 18.3 Å². The molecule has 1 aliphatic heterocycles. The number of hydrogen-bond donors (Lipinski definition) is 1. The van der Waals surface area contributed by atoms with Crippen LogP contribution in [-0.2, 0) is 23.8 Å². The fraction of sp³-hybridized carbons (Fsp3) is 0.450. The van der Waals surface area contributed by atoms with Crippen LogP contribution in [0.4, 0.5) is 13.2 Å². The fourth-order valence-corrected chi connectivity index (χ4v) is 4.18. The first-order valence-electron chi connectivity index (χ1n) is 9.38. The summed E-state index contributed by atoms with van der Waals surface area (Å²) in [6.07, 6.45) is -2.24. The molecule has 2 heterocycles. The minimum Gasteiger partial charge on any atom is -0.337 e. The SMILES string of the molecule is O=C1CCc2[nH]nc(C(=O)N3CCC(c4ccccc4C(F)(F)F)CC3)c2C1. The third kappa shape index (κ3) is 3.43. The van der Waals surface area contributed by atoms with Gasteiger partial charge in [-0.1, -0.05) is 18.2 Å². The van der Waals surface area contributed by atoms with Crippen molar-refractivity contribution < 1.29 is 22.8 Å². The number of likely N-dealkylation sites (tertiary alicyclic amines) is 1. The second-order valence-corrected chi connectivity index (χ2v) is 7.40. The van der Waals surface area contributed by atoms with Crippen molar-refractivity contribution in [2.75, 3.05) is 13.1 Å². The van der Waals surface area contributed by atoms with E-state index in [0.717, 1.165) is 11.8 Å². The van der Waals surface area contributed by atoms with Gasteiger partial charge in [-0.3, -0.25) is 14.7 Å². The molecule has 0 bridgehead atoms. The first-order chi connectivity index (χ1) is 13.3. The summed E-state index contributed by atoms with van der Waals surface area (Å²) in [5, 5.41) is 6.96. The van der Waals surface area contributed by atoms with Crippen LogP contribution < -0.4 is 0 Å². The van der Waals surface area contributed by atoms with Gasteiger partial charge < -0.3 is 4.90 Å². The number of carbonyl (C=O) groups excluding carboxylic acids is 2. The van der Waals surface area contributed by atoms with E-state index < -0.39 is 11.7 Å². The lowest BCUT2D eigenvalue weighted by atomic mass is 9.86. The molecule has 5 nitrogen and oxygen atoms in total. The summed E-state index contributed by atoms with van der Waals surface area (Å²) >= 11 is 0. The molecule has 0 unspecified atom stereocenters. The van der Waals surface area contributed by atoms with Crippen molar-refractivity contribution in [2.24, 2.45) is 0 Å². The molecule has 2 aromatic rings. The smallest absolute Gasteiger partial charge is 0.337 e. The second-order valence-electron chi connectivity index (χ2n) is 7.40. The molecule has 8 heteroatoms. The number of halogens is 3. The van der Waals surface area contributed by atoms with Gasteiger partial charge in [0.1, 0.15) is 5.78 Å². The molecule has 1 fully saturated rings. The van der Waals surface area contributed by atoms with Crippen molar-refractivity contribution in [1.82, 2.24) is 15.1 Å². The third-order valence-corrected chi connectivity index (χ3v) is 5.67. The van der Waals surface area contributed by atoms with E-state index in [4.69, 9.17) is 0 Å². The summed E-state index contributed by atoms with van der Waals surface area (Å²) in [6.45, 7) is 0.733. The predicted octanol–water partition coefficient (Wildman–Crippen LogP) is 3.51. The van der Waals surface area contributed by atoms with Gasteiger partial charge in [-0.15, -0.1) is 0 Å². The number of nitrogens with zero attached hydrogens (tertiary/aromatic N) is 2. The number of hydrogen-bond acceptors (Lipinski definition) is 3. The highest BCUT2D eigenvalue weighted by Crippen LogP contribution is 2.38. The van der Waals surface area contributed by atoms with E-state index in [1.165, 1.54) is 12.1 Å². The zero-order valence-corrected chi connectivity index (χ0v) is 15.2. The number of carbonyl (C=O) groups is 2. The molecule has 0 radical (unpaired) electrons. The van der Waals surface area contributed by atoms with Crippen LogP contribution in [0.2, 0.25) is 0 Å². The number of alkyl halides is 3. The van der Waals surface area contributed by atoms with E-state index in [0.29, 0.717) is 49.9 Å². The zero-order chi connectivity index (χ0) is 19.9. The summed E-state index contributed by atoms with van der Waals surface area (Å²) < 4.78 is 39.8. The number of aromatic nitrogens is 2. The Kier molecular flexibility index (Phi) is 4.72. The highest BCUT2D eigenvalue weighted by Gasteiger charge is 2.36. The van der Waals surface area contributed by atoms with Gasteiger partial charge in [0, 0.05) is 37.2 Å². The Balaban J connectivity index is 1.48. The van der Waals surface area contributed by atoms with Crippen LogP contribution >= 0.6 is 0 Å². The molecular formula is C20H20F3N3O2. The average molecular weight is 391 g/mol. The number of nitrogens with one attached hydrogen (secondary N) is 1. The van der Waals surface area contributed by atoms with Gasteiger partial charge >= 0.3 is 6.18 Å². The van der Waals surface area contributed by atoms with Crippen molar-refractivity contribution in [2.45, 2.75) is 44.2 Å². The quantitative estimate of drug-likeness (QED) is 0.852. The highest BCUT2D eigenvalue weighted by molar-refractivity contribution is 5.96. The number of piperidine rings is 1. The van der Waals surface area contributed by atoms with Crippen molar-refractivity contribution in [3.05, 3.63) is 52.3 Å². The molecule has 0 atom stereocenters. The molecule has 2 aliphatic rings. The first-order valence-corrected chi connectivity index (χ1v) is 9.38. The molecule has 28 heavy (non-hydrogen) atoms. The van der Waals surface area contributed by atoms with Crippen LogP contribution in [0.15, 0.2) is 24.3 Å². The van der Waals surface area contributed by atoms with Crippen LogP contribution in [0.1, 0.15) is 58.1 Å². The number of aryl methyl sites for hydroxylation is 1. The monoisotopic (exact) mass is 391 g/mol. The lowest BCUT2D eigenvalue weighted by Crippen LogP contribution is -2.39. The van der Waals surface area contributed by atoms with E-state index >= 15 is 0 Å². The number of rotatable bonds is 2. The second kappa shape index (κ2) is 7.07. The van der Waals surface area contributed by atoms with Crippen LogP contribution in [0.3, 0.4) is 0 Å². The summed E-state index contributed by atoms with van der Waals surface area (Å²) in [7, 11) is 0. The Morgan fingerprint density at radius 3 is 2.57 bits per heavy atom. The maximum atomic E-state index is 13.3. The molecular weight excluding hydrogens is 371 g/mol. The van der Waals surface area contributed by atoms with Crippen molar-refractivity contribution in [3.8, 4) is 0 Å². The third-order valence-electron chi connectivity index (χ3n) is 5.67. The minimum atomic E-state index is -4.38. The molecule has 1 aliphatic carbocycles. The van der Waals surface area contributed by atoms with Gasteiger partial charge in [0.05, 0.1) is 5.56 Å². The standard InChI is InChI=1S/C20H20F3N3O2/c21-20(22,23)16-4-2-1-3-14(16)12-7-9-26(10-8-12)19(28)18-15-11-13(27)5-6-17(15)24-25-18/h1-4,12H,5-11H2,(H,24,25). The molecule has 148 valence electrons. The van der Waals surface area contributed by atoms with Crippen LogP contribution in [0.25, 0.3) is 0 Å². The van der Waals surface area contributed by atoms with Crippen molar-refractivity contribution in [3.63, 3.8) is 0 Å². The largest absolute Gasteiger partial charge is 0.416 e. The Morgan fingerprint density at radius 2 is 1.86 bits per heavy atom. The van der Waals surface area contributed by atoms with Crippen LogP contribution in [0, 0.1) is 0 Å². The molecule has 1 saturated heterocycles. The van der Waals surface area contributed by atoms with E-state index in [1.54, 1.807) is 11.0 Å². The Hall–Kier alpha value is -2.64. The Labute approximate surface area is 159 Å². The molecule has 1 N–H and O–H groups in total. The normalized spacial score (nSPS) is 18.2. The summed E-state index contributed by atoms with van der Waals surface area (Å²) in [4.78, 5) is 26.2. The van der Waals surface area contributed by atoms with E-state index in [2.05, 4.69) is 10.2 Å². The lowest BCUT2D eigenvalue weighted by molar-refractivity contribution is -0.138. The Bertz CT molecular complexity index is 912. The molecule has 0 spiro atoms. The summed E-state index contributed by atoms with van der Waals surface area (Å²) in [6, 6.07) is 5.66. The van der Waals surface area contributed by atoms with Crippen LogP contribution in [0.5, 0.6) is 0 Å². The molecule has 1 amide bonds. The van der Waals surface area contributed by atoms with Gasteiger partial charge in [0.25, 0.3) is 5.91 Å². The number of fused-ring (bicyclic) bond motifs is 1. The molecule has 0 saturated carbocycles. The van der Waals surface area contributed by atoms with Crippen molar-refractivity contribution in [1.29, 1.82) is 0 Å². The van der Waals surface area contributed by atoms with Gasteiger partial charge in [0.2, 0.25) is 0 Å². The molecule has 4 rings (SSSR count). The van der Waals surface area contributed by atoms with Gasteiger partial charge in [-0.25, -0.2) is 0 Å². The first kappa shape index (κ1) is 18.7. The number of benzene rings is 1. The molecule has 1 aromatic heterocycles. The van der Waals surface area contributed by atoms with Gasteiger partial charge in [0.15, 0.2) is 5.69 Å². The number of amides is 1. The van der Waals surface area contributed by atoms with E-state index in [1.807, 2.05) is 0 Å².